The van der Waals surface area contributed by atoms with Crippen LogP contribution in [0.2, 0.25) is 0 Å². The summed E-state index contributed by atoms with van der Waals surface area (Å²) in [6, 6.07) is 8.63. The van der Waals surface area contributed by atoms with Crippen LogP contribution in [0.4, 0.5) is 0 Å². The molecule has 3 N–H and O–H groups in total. The van der Waals surface area contributed by atoms with Crippen molar-refractivity contribution in [3.63, 3.8) is 0 Å². The minimum Gasteiger partial charge on any atom is -0.368 e. The number of hydrogen-bond acceptors (Lipinski definition) is 4. The first-order valence-electron chi connectivity index (χ1n) is 6.92. The zero-order valence-corrected chi connectivity index (χ0v) is 12.8. The van der Waals surface area contributed by atoms with E-state index in [4.69, 9.17) is 5.73 Å². The van der Waals surface area contributed by atoms with E-state index in [-0.39, 0.29) is 6.04 Å². The lowest BCUT2D eigenvalue weighted by molar-refractivity contribution is -0.124. The van der Waals surface area contributed by atoms with Gasteiger partial charge in [-0.25, -0.2) is 13.1 Å². The number of sulfonamides is 1. The number of nitrogens with zero attached hydrogens (tertiary/aromatic N) is 1. The van der Waals surface area contributed by atoms with Gasteiger partial charge >= 0.3 is 0 Å². The third-order valence-corrected chi connectivity index (χ3v) is 4.34. The average molecular weight is 311 g/mol. The lowest BCUT2D eigenvalue weighted by Crippen LogP contribution is -2.50. The Labute approximate surface area is 125 Å². The topological polar surface area (TPSA) is 92.5 Å². The van der Waals surface area contributed by atoms with Crippen molar-refractivity contribution in [1.29, 1.82) is 0 Å². The number of nitrogens with two attached hydrogens (primary N) is 1. The lowest BCUT2D eigenvalue weighted by atomic mass is 9.99. The molecule has 1 saturated heterocycles. The van der Waals surface area contributed by atoms with Gasteiger partial charge in [0.15, 0.2) is 0 Å². The van der Waals surface area contributed by atoms with Crippen molar-refractivity contribution in [2.24, 2.45) is 5.73 Å². The predicted molar refractivity (Wildman–Crippen MR) is 81.0 cm³/mol. The van der Waals surface area contributed by atoms with Crippen molar-refractivity contribution in [3.8, 4) is 0 Å². The zero-order valence-electron chi connectivity index (χ0n) is 12.0. The molecule has 0 aromatic heterocycles. The quantitative estimate of drug-likeness (QED) is 0.814. The highest BCUT2D eigenvalue weighted by Gasteiger charge is 2.31. The van der Waals surface area contributed by atoms with Crippen molar-refractivity contribution < 1.29 is 13.2 Å². The number of hydrogen-bond donors (Lipinski definition) is 2. The van der Waals surface area contributed by atoms with Crippen LogP contribution in [-0.2, 0) is 14.8 Å². The van der Waals surface area contributed by atoms with Crippen LogP contribution in [0, 0.1) is 0 Å². The first kappa shape index (κ1) is 15.9. The second-order valence-corrected chi connectivity index (χ2v) is 7.22. The van der Waals surface area contributed by atoms with Gasteiger partial charge in [-0.2, -0.15) is 0 Å². The Kier molecular flexibility index (Phi) is 4.97. The summed E-state index contributed by atoms with van der Waals surface area (Å²) in [5.41, 5.74) is 6.39. The maximum Gasteiger partial charge on any atom is 0.239 e. The summed E-state index contributed by atoms with van der Waals surface area (Å²) in [6.07, 6.45) is 2.74. The van der Waals surface area contributed by atoms with Gasteiger partial charge in [0.05, 0.1) is 6.26 Å². The van der Waals surface area contributed by atoms with Gasteiger partial charge in [-0.1, -0.05) is 30.3 Å². The second kappa shape index (κ2) is 6.55. The summed E-state index contributed by atoms with van der Waals surface area (Å²) in [5, 5.41) is 0. The Morgan fingerprint density at radius 2 is 2.05 bits per heavy atom. The van der Waals surface area contributed by atoms with E-state index in [0.717, 1.165) is 31.2 Å². The second-order valence-electron chi connectivity index (χ2n) is 5.44. The van der Waals surface area contributed by atoms with Gasteiger partial charge in [0.1, 0.15) is 6.04 Å². The molecule has 2 atom stereocenters. The molecule has 1 heterocycles. The molecule has 1 aromatic carbocycles. The molecule has 2 rings (SSSR count). The van der Waals surface area contributed by atoms with Gasteiger partial charge in [-0.15, -0.1) is 0 Å². The molecule has 6 nitrogen and oxygen atoms in total. The Bertz CT molecular complexity index is 589. The molecule has 116 valence electrons. The largest absolute Gasteiger partial charge is 0.368 e. The molecule has 7 heteroatoms. The molecular weight excluding hydrogens is 290 g/mol. The van der Waals surface area contributed by atoms with E-state index in [9.17, 15) is 13.2 Å². The van der Waals surface area contributed by atoms with Gasteiger partial charge in [0, 0.05) is 12.6 Å². The molecule has 0 aliphatic carbocycles. The van der Waals surface area contributed by atoms with E-state index in [2.05, 4.69) is 4.72 Å². The molecule has 1 fully saturated rings. The fraction of sp³-hybridized carbons (Fsp3) is 0.500. The molecular formula is C14H21N3O3S. The summed E-state index contributed by atoms with van der Waals surface area (Å²) in [4.78, 5) is 13.8. The maximum atomic E-state index is 11.8. The van der Waals surface area contributed by atoms with Crippen molar-refractivity contribution in [3.05, 3.63) is 35.9 Å². The number of carbonyl (C=O) groups is 1. The van der Waals surface area contributed by atoms with E-state index in [1.807, 2.05) is 35.2 Å². The lowest BCUT2D eigenvalue weighted by Gasteiger charge is -2.37. The molecule has 1 aliphatic rings. The van der Waals surface area contributed by atoms with Crippen LogP contribution in [-0.4, -0.2) is 44.6 Å². The van der Waals surface area contributed by atoms with Gasteiger partial charge in [0.25, 0.3) is 0 Å². The Hall–Kier alpha value is -1.44. The minimum absolute atomic E-state index is 0.181. The average Bonchev–Trinajstić information content (AvgIpc) is 2.38. The van der Waals surface area contributed by atoms with Crippen LogP contribution in [0.25, 0.3) is 0 Å². The Morgan fingerprint density at radius 3 is 2.62 bits per heavy atom. The molecule has 1 aliphatic heterocycles. The number of piperidine rings is 1. The molecule has 0 spiro atoms. The standard InChI is InChI=1S/C14H21N3O3S/c1-21(19,20)16-12-8-5-9-17(10-12)13(14(15)18)11-6-3-2-4-7-11/h2-4,6-7,12-13,16H,5,8-10H2,1H3,(H2,15,18). The number of benzene rings is 1. The number of rotatable bonds is 5. The number of carbonyl (C=O) groups excluding carboxylic acids is 1. The van der Waals surface area contributed by atoms with Crippen LogP contribution in [0.1, 0.15) is 24.4 Å². The third kappa shape index (κ3) is 4.52. The van der Waals surface area contributed by atoms with E-state index >= 15 is 0 Å². The van der Waals surface area contributed by atoms with Crippen LogP contribution >= 0.6 is 0 Å². The van der Waals surface area contributed by atoms with Crippen molar-refractivity contribution in [2.45, 2.75) is 24.9 Å². The van der Waals surface area contributed by atoms with Crippen LogP contribution in [0.5, 0.6) is 0 Å². The Balaban J connectivity index is 2.16. The minimum atomic E-state index is -3.25. The smallest absolute Gasteiger partial charge is 0.239 e. The van der Waals surface area contributed by atoms with E-state index < -0.39 is 22.0 Å². The molecule has 0 bridgehead atoms. The maximum absolute atomic E-state index is 11.8. The van der Waals surface area contributed by atoms with Crippen molar-refractivity contribution in [2.75, 3.05) is 19.3 Å². The fourth-order valence-corrected chi connectivity index (χ4v) is 3.63. The number of amides is 1. The van der Waals surface area contributed by atoms with E-state index in [0.29, 0.717) is 6.54 Å². The highest BCUT2D eigenvalue weighted by Crippen LogP contribution is 2.24. The molecule has 1 amide bonds. The fourth-order valence-electron chi connectivity index (χ4n) is 2.83. The SMILES string of the molecule is CS(=O)(=O)NC1CCCN(C(C(N)=O)c2ccccc2)C1. The highest BCUT2D eigenvalue weighted by molar-refractivity contribution is 7.88. The number of primary amides is 1. The van der Waals surface area contributed by atoms with Crippen molar-refractivity contribution in [1.82, 2.24) is 9.62 Å². The molecule has 0 radical (unpaired) electrons. The summed E-state index contributed by atoms with van der Waals surface area (Å²) < 4.78 is 25.3. The van der Waals surface area contributed by atoms with Gasteiger partial charge in [0.2, 0.25) is 15.9 Å². The summed E-state index contributed by atoms with van der Waals surface area (Å²) in [7, 11) is -3.25. The van der Waals surface area contributed by atoms with Crippen LogP contribution in [0.15, 0.2) is 30.3 Å². The number of nitrogens with one attached hydrogen (secondary N) is 1. The first-order chi connectivity index (χ1) is 9.87. The van der Waals surface area contributed by atoms with Crippen LogP contribution < -0.4 is 10.5 Å². The Morgan fingerprint density at radius 1 is 1.38 bits per heavy atom. The molecule has 0 saturated carbocycles. The molecule has 2 unspecified atom stereocenters. The molecule has 1 aromatic rings. The van der Waals surface area contributed by atoms with E-state index in [1.54, 1.807) is 0 Å². The van der Waals surface area contributed by atoms with Gasteiger partial charge in [-0.3, -0.25) is 9.69 Å². The first-order valence-corrected chi connectivity index (χ1v) is 8.81. The van der Waals surface area contributed by atoms with Gasteiger partial charge in [-0.05, 0) is 24.9 Å². The zero-order chi connectivity index (χ0) is 15.5. The van der Waals surface area contributed by atoms with Crippen molar-refractivity contribution >= 4 is 15.9 Å². The van der Waals surface area contributed by atoms with Gasteiger partial charge < -0.3 is 5.73 Å². The normalized spacial score (nSPS) is 21.9. The summed E-state index contributed by atoms with van der Waals surface area (Å²) in [6.45, 7) is 1.21. The summed E-state index contributed by atoms with van der Waals surface area (Å²) in [5.74, 6) is -0.416. The number of likely N-dealkylation sites (tertiary alicyclic amines) is 1. The summed E-state index contributed by atoms with van der Waals surface area (Å²) >= 11 is 0. The third-order valence-electron chi connectivity index (χ3n) is 3.58. The van der Waals surface area contributed by atoms with E-state index in [1.165, 1.54) is 0 Å². The van der Waals surface area contributed by atoms with Crippen LogP contribution in [0.3, 0.4) is 0 Å². The monoisotopic (exact) mass is 311 g/mol. The predicted octanol–water partition coefficient (Wildman–Crippen LogP) is 0.227. The molecule has 21 heavy (non-hydrogen) atoms. The highest BCUT2D eigenvalue weighted by atomic mass is 32.2.